The summed E-state index contributed by atoms with van der Waals surface area (Å²) in [4.78, 5) is 14.0. The summed E-state index contributed by atoms with van der Waals surface area (Å²) in [5.74, 6) is 1.51. The molecule has 124 valence electrons. The number of rotatable bonds is 4. The predicted molar refractivity (Wildman–Crippen MR) is 88.7 cm³/mol. The first kappa shape index (κ1) is 15.9. The van der Waals surface area contributed by atoms with E-state index in [9.17, 15) is 4.79 Å². The number of likely N-dealkylation sites (tertiary alicyclic amines) is 1. The topological polar surface area (TPSA) is 38.8 Å². The van der Waals surface area contributed by atoms with Crippen molar-refractivity contribution in [3.63, 3.8) is 0 Å². The van der Waals surface area contributed by atoms with Crippen molar-refractivity contribution < 1.29 is 14.3 Å². The maximum atomic E-state index is 12.1. The van der Waals surface area contributed by atoms with Gasteiger partial charge in [0.1, 0.15) is 6.61 Å². The highest BCUT2D eigenvalue weighted by Gasteiger charge is 2.34. The van der Waals surface area contributed by atoms with Gasteiger partial charge in [-0.15, -0.1) is 0 Å². The first-order chi connectivity index (χ1) is 11.3. The summed E-state index contributed by atoms with van der Waals surface area (Å²) in [7, 11) is 1.71. The Morgan fingerprint density at radius 2 is 1.87 bits per heavy atom. The van der Waals surface area contributed by atoms with E-state index >= 15 is 0 Å². The van der Waals surface area contributed by atoms with E-state index in [2.05, 4.69) is 0 Å². The van der Waals surface area contributed by atoms with E-state index in [0.29, 0.717) is 6.61 Å². The molecule has 0 radical (unpaired) electrons. The Morgan fingerprint density at radius 1 is 1.17 bits per heavy atom. The van der Waals surface area contributed by atoms with Crippen molar-refractivity contribution in [3.8, 4) is 0 Å². The number of carbonyl (C=O) groups excluding carboxylic acids is 1. The molecule has 1 aliphatic heterocycles. The molecule has 4 nitrogen and oxygen atoms in total. The van der Waals surface area contributed by atoms with Crippen molar-refractivity contribution in [3.05, 3.63) is 47.7 Å². The van der Waals surface area contributed by atoms with E-state index in [1.807, 2.05) is 41.5 Å². The van der Waals surface area contributed by atoms with Gasteiger partial charge in [0.15, 0.2) is 0 Å². The van der Waals surface area contributed by atoms with Gasteiger partial charge in [0.05, 0.1) is 13.4 Å². The summed E-state index contributed by atoms with van der Waals surface area (Å²) in [6.07, 6.45) is 6.21. The van der Waals surface area contributed by atoms with Gasteiger partial charge in [0.2, 0.25) is 0 Å². The minimum absolute atomic E-state index is 0.180. The molecule has 0 aromatic heterocycles. The van der Waals surface area contributed by atoms with Gasteiger partial charge in [0, 0.05) is 13.1 Å². The average molecular weight is 315 g/mol. The van der Waals surface area contributed by atoms with Crippen LogP contribution < -0.4 is 0 Å². The summed E-state index contributed by atoms with van der Waals surface area (Å²) >= 11 is 0. The van der Waals surface area contributed by atoms with E-state index in [0.717, 1.165) is 56.2 Å². The molecule has 1 aromatic rings. The highest BCUT2D eigenvalue weighted by Crippen LogP contribution is 2.42. The fourth-order valence-electron chi connectivity index (χ4n) is 3.57. The summed E-state index contributed by atoms with van der Waals surface area (Å²) in [5, 5.41) is 0. The Hall–Kier alpha value is -1.97. The standard InChI is InChI=1S/C19H25NO3/c1-22-13-16-11-18(12-16)17-7-9-20(10-8-17)19(21)23-14-15-5-3-2-4-6-15/h2-6,13,17-18H,7-12,14H2,1H3. The number of hydrogen-bond acceptors (Lipinski definition) is 3. The first-order valence-electron chi connectivity index (χ1n) is 8.42. The van der Waals surface area contributed by atoms with Crippen molar-refractivity contribution in [2.45, 2.75) is 32.3 Å². The zero-order chi connectivity index (χ0) is 16.1. The van der Waals surface area contributed by atoms with Crippen LogP contribution in [0.2, 0.25) is 0 Å². The van der Waals surface area contributed by atoms with E-state index in [1.54, 1.807) is 7.11 Å². The molecule has 0 N–H and O–H groups in total. The van der Waals surface area contributed by atoms with E-state index in [-0.39, 0.29) is 6.09 Å². The highest BCUT2D eigenvalue weighted by molar-refractivity contribution is 5.67. The molecule has 4 heteroatoms. The van der Waals surface area contributed by atoms with E-state index in [4.69, 9.17) is 9.47 Å². The van der Waals surface area contributed by atoms with Crippen LogP contribution in [0.1, 0.15) is 31.2 Å². The quantitative estimate of drug-likeness (QED) is 0.789. The number of hydrogen-bond donors (Lipinski definition) is 0. The predicted octanol–water partition coefficient (Wildman–Crippen LogP) is 3.98. The van der Waals surface area contributed by atoms with Crippen LogP contribution in [-0.4, -0.2) is 31.2 Å². The van der Waals surface area contributed by atoms with Gasteiger partial charge in [-0.25, -0.2) is 4.79 Å². The summed E-state index contributed by atoms with van der Waals surface area (Å²) in [6.45, 7) is 1.99. The van der Waals surface area contributed by atoms with Crippen LogP contribution in [0.25, 0.3) is 0 Å². The molecular formula is C19H25NO3. The number of ether oxygens (including phenoxy) is 2. The molecule has 1 aliphatic carbocycles. The lowest BCUT2D eigenvalue weighted by atomic mass is 9.69. The van der Waals surface area contributed by atoms with Crippen LogP contribution in [0, 0.1) is 11.8 Å². The van der Waals surface area contributed by atoms with Crippen LogP contribution in [0.15, 0.2) is 42.2 Å². The van der Waals surface area contributed by atoms with Gasteiger partial charge < -0.3 is 14.4 Å². The number of methoxy groups -OCH3 is 1. The fraction of sp³-hybridized carbons (Fsp3) is 0.526. The Labute approximate surface area is 138 Å². The molecule has 0 spiro atoms. The van der Waals surface area contributed by atoms with Crippen LogP contribution in [0.3, 0.4) is 0 Å². The summed E-state index contributed by atoms with van der Waals surface area (Å²) < 4.78 is 10.5. The third-order valence-electron chi connectivity index (χ3n) is 5.00. The largest absolute Gasteiger partial charge is 0.504 e. The van der Waals surface area contributed by atoms with Crippen molar-refractivity contribution in [2.75, 3.05) is 20.2 Å². The molecule has 0 unspecified atom stereocenters. The smallest absolute Gasteiger partial charge is 0.410 e. The highest BCUT2D eigenvalue weighted by atomic mass is 16.6. The Kier molecular flexibility index (Phi) is 5.21. The summed E-state index contributed by atoms with van der Waals surface area (Å²) in [6, 6.07) is 9.82. The number of allylic oxidation sites excluding steroid dienone is 1. The molecule has 1 saturated heterocycles. The zero-order valence-electron chi connectivity index (χ0n) is 13.7. The molecule has 2 fully saturated rings. The molecule has 1 aromatic carbocycles. The molecule has 0 bridgehead atoms. The molecule has 1 heterocycles. The van der Waals surface area contributed by atoms with Crippen molar-refractivity contribution in [2.24, 2.45) is 11.8 Å². The minimum atomic E-state index is -0.180. The maximum absolute atomic E-state index is 12.1. The zero-order valence-corrected chi connectivity index (χ0v) is 13.7. The Morgan fingerprint density at radius 3 is 2.52 bits per heavy atom. The van der Waals surface area contributed by atoms with Crippen LogP contribution in [0.4, 0.5) is 4.79 Å². The van der Waals surface area contributed by atoms with Gasteiger partial charge in [-0.05, 0) is 48.7 Å². The molecular weight excluding hydrogens is 290 g/mol. The number of nitrogens with zero attached hydrogens (tertiary/aromatic N) is 1. The van der Waals surface area contributed by atoms with Crippen LogP contribution in [0.5, 0.6) is 0 Å². The number of carbonyl (C=O) groups is 1. The van der Waals surface area contributed by atoms with Crippen molar-refractivity contribution in [1.82, 2.24) is 4.90 Å². The van der Waals surface area contributed by atoms with E-state index < -0.39 is 0 Å². The van der Waals surface area contributed by atoms with Gasteiger partial charge in [-0.3, -0.25) is 0 Å². The monoisotopic (exact) mass is 315 g/mol. The summed E-state index contributed by atoms with van der Waals surface area (Å²) in [5.41, 5.74) is 2.45. The molecule has 1 amide bonds. The first-order valence-corrected chi connectivity index (χ1v) is 8.42. The number of piperidine rings is 1. The van der Waals surface area contributed by atoms with Gasteiger partial charge >= 0.3 is 6.09 Å². The average Bonchev–Trinajstić information content (AvgIpc) is 2.57. The number of benzene rings is 1. The lowest BCUT2D eigenvalue weighted by Crippen LogP contribution is -2.41. The van der Waals surface area contributed by atoms with Gasteiger partial charge in [0.25, 0.3) is 0 Å². The third kappa shape index (κ3) is 4.06. The lowest BCUT2D eigenvalue weighted by Gasteiger charge is -2.40. The Balaban J connectivity index is 1.39. The fourth-order valence-corrected chi connectivity index (χ4v) is 3.57. The van der Waals surface area contributed by atoms with Crippen LogP contribution in [-0.2, 0) is 16.1 Å². The molecule has 3 rings (SSSR count). The number of amides is 1. The Bertz CT molecular complexity index is 539. The molecule has 0 atom stereocenters. The van der Waals surface area contributed by atoms with E-state index in [1.165, 1.54) is 5.57 Å². The maximum Gasteiger partial charge on any atom is 0.410 e. The second kappa shape index (κ2) is 7.53. The van der Waals surface area contributed by atoms with Crippen molar-refractivity contribution >= 4 is 6.09 Å². The van der Waals surface area contributed by atoms with Gasteiger partial charge in [-0.1, -0.05) is 30.3 Å². The lowest BCUT2D eigenvalue weighted by molar-refractivity contribution is 0.0715. The van der Waals surface area contributed by atoms with Gasteiger partial charge in [-0.2, -0.15) is 0 Å². The normalized spacial score (nSPS) is 21.5. The molecule has 1 saturated carbocycles. The SMILES string of the molecule is COC=C1CC(C2CCN(C(=O)OCc3ccccc3)CC2)C1. The molecule has 2 aliphatic rings. The molecule has 23 heavy (non-hydrogen) atoms. The minimum Gasteiger partial charge on any atom is -0.504 e. The van der Waals surface area contributed by atoms with Crippen molar-refractivity contribution in [1.29, 1.82) is 0 Å². The van der Waals surface area contributed by atoms with Crippen LogP contribution >= 0.6 is 0 Å². The third-order valence-corrected chi connectivity index (χ3v) is 5.00. The second-order valence-electron chi connectivity index (χ2n) is 6.54. The second-order valence-corrected chi connectivity index (χ2v) is 6.54.